The number of hydrazone groups is 1. The first-order chi connectivity index (χ1) is 15.0. The normalized spacial score (nSPS) is 15.8. The quantitative estimate of drug-likeness (QED) is 0.450. The Hall–Kier alpha value is -2.91. The number of aromatic amines is 1. The van der Waals surface area contributed by atoms with Crippen molar-refractivity contribution in [2.75, 3.05) is 12.9 Å². The number of rotatable bonds is 6. The van der Waals surface area contributed by atoms with Gasteiger partial charge >= 0.3 is 0 Å². The van der Waals surface area contributed by atoms with Crippen molar-refractivity contribution < 1.29 is 9.53 Å². The van der Waals surface area contributed by atoms with E-state index in [1.54, 1.807) is 37.3 Å². The highest BCUT2D eigenvalue weighted by Gasteiger charge is 2.33. The van der Waals surface area contributed by atoms with Crippen LogP contribution in [0, 0.1) is 13.8 Å². The van der Waals surface area contributed by atoms with Crippen LogP contribution >= 0.6 is 23.1 Å². The van der Waals surface area contributed by atoms with E-state index in [9.17, 15) is 9.59 Å². The number of hydrogen-bond acceptors (Lipinski definition) is 7. The van der Waals surface area contributed by atoms with E-state index in [1.807, 2.05) is 41.8 Å². The lowest BCUT2D eigenvalue weighted by atomic mass is 10.0. The average molecular weight is 455 g/mol. The predicted octanol–water partition coefficient (Wildman–Crippen LogP) is 3.93. The van der Waals surface area contributed by atoms with Crippen LogP contribution in [-0.4, -0.2) is 39.5 Å². The van der Waals surface area contributed by atoms with E-state index in [2.05, 4.69) is 15.1 Å². The van der Waals surface area contributed by atoms with E-state index in [-0.39, 0.29) is 23.3 Å². The van der Waals surface area contributed by atoms with E-state index in [0.29, 0.717) is 22.8 Å². The van der Waals surface area contributed by atoms with Gasteiger partial charge in [-0.2, -0.15) is 5.10 Å². The lowest BCUT2D eigenvalue weighted by molar-refractivity contribution is -0.130. The van der Waals surface area contributed by atoms with Crippen molar-refractivity contribution in [1.29, 1.82) is 0 Å². The van der Waals surface area contributed by atoms with Crippen LogP contribution in [-0.2, 0) is 4.79 Å². The first-order valence-electron chi connectivity index (χ1n) is 9.74. The van der Waals surface area contributed by atoms with Gasteiger partial charge in [0.15, 0.2) is 5.16 Å². The van der Waals surface area contributed by atoms with Gasteiger partial charge in [0.05, 0.1) is 29.5 Å². The van der Waals surface area contributed by atoms with Crippen molar-refractivity contribution >= 4 is 34.7 Å². The molecule has 0 fully saturated rings. The molecule has 0 bridgehead atoms. The molecule has 1 amide bonds. The summed E-state index contributed by atoms with van der Waals surface area (Å²) in [6.45, 7) is 3.51. The van der Waals surface area contributed by atoms with Gasteiger partial charge in [-0.25, -0.2) is 9.99 Å². The maximum Gasteiger partial charge on any atom is 0.254 e. The van der Waals surface area contributed by atoms with Crippen molar-refractivity contribution in [3.05, 3.63) is 73.8 Å². The maximum atomic E-state index is 13.1. The molecular formula is C22H22N4O3S2. The Balaban J connectivity index is 1.56. The van der Waals surface area contributed by atoms with Gasteiger partial charge in [0.2, 0.25) is 0 Å². The van der Waals surface area contributed by atoms with E-state index < -0.39 is 0 Å². The fraction of sp³-hybridized carbons (Fsp3) is 0.273. The van der Waals surface area contributed by atoms with Crippen LogP contribution < -0.4 is 10.3 Å². The van der Waals surface area contributed by atoms with E-state index in [0.717, 1.165) is 21.9 Å². The first-order valence-corrected chi connectivity index (χ1v) is 11.6. The zero-order chi connectivity index (χ0) is 22.0. The van der Waals surface area contributed by atoms with Crippen LogP contribution in [0.25, 0.3) is 0 Å². The second kappa shape index (κ2) is 9.07. The van der Waals surface area contributed by atoms with Gasteiger partial charge < -0.3 is 9.72 Å². The molecule has 3 aromatic rings. The Kier molecular flexibility index (Phi) is 6.24. The average Bonchev–Trinajstić information content (AvgIpc) is 3.46. The molecule has 0 saturated heterocycles. The van der Waals surface area contributed by atoms with Crippen LogP contribution in [0.15, 0.2) is 56.8 Å². The number of aryl methyl sites for hydroxylation is 1. The summed E-state index contributed by atoms with van der Waals surface area (Å²) in [5.74, 6) is 0.747. The highest BCUT2D eigenvalue weighted by atomic mass is 32.2. The molecular weight excluding hydrogens is 432 g/mol. The van der Waals surface area contributed by atoms with Gasteiger partial charge in [-0.3, -0.25) is 9.59 Å². The number of ether oxygens (including phenoxy) is 1. The van der Waals surface area contributed by atoms with Crippen LogP contribution in [0.1, 0.15) is 34.2 Å². The molecule has 7 nitrogen and oxygen atoms in total. The number of aromatic nitrogens is 2. The number of nitrogens with zero attached hydrogens (tertiary/aromatic N) is 3. The summed E-state index contributed by atoms with van der Waals surface area (Å²) in [5.41, 5.74) is 2.95. The van der Waals surface area contributed by atoms with Crippen molar-refractivity contribution in [2.24, 2.45) is 5.10 Å². The number of hydrogen-bond donors (Lipinski definition) is 1. The third-order valence-electron chi connectivity index (χ3n) is 5.18. The van der Waals surface area contributed by atoms with Gasteiger partial charge in [0.1, 0.15) is 5.75 Å². The van der Waals surface area contributed by atoms with E-state index in [4.69, 9.17) is 4.74 Å². The lowest BCUT2D eigenvalue weighted by Crippen LogP contribution is -2.28. The predicted molar refractivity (Wildman–Crippen MR) is 123 cm³/mol. The molecule has 0 saturated carbocycles. The number of amides is 1. The Morgan fingerprint density at radius 2 is 2.06 bits per heavy atom. The SMILES string of the molecule is COc1ccc(C2CC(c3cccs3)=NN2C(=O)CSc2nc(C)c(C)c(=O)[nH]2)cc1. The zero-order valence-electron chi connectivity index (χ0n) is 17.4. The smallest absolute Gasteiger partial charge is 0.254 e. The Morgan fingerprint density at radius 3 is 2.71 bits per heavy atom. The Bertz CT molecular complexity index is 1170. The van der Waals surface area contributed by atoms with E-state index in [1.165, 1.54) is 11.8 Å². The third kappa shape index (κ3) is 4.57. The molecule has 3 heterocycles. The standard InChI is InChI=1S/C22H22N4O3S2/c1-13-14(2)23-22(24-21(13)28)31-12-20(27)26-18(15-6-8-16(29-3)9-7-15)11-17(25-26)19-5-4-10-30-19/h4-10,18H,11-12H2,1-3H3,(H,23,24,28). The molecule has 0 aliphatic carbocycles. The minimum atomic E-state index is -0.192. The number of thiophene rings is 1. The van der Waals surface area contributed by atoms with Crippen LogP contribution in [0.3, 0.4) is 0 Å². The molecule has 1 N–H and O–H groups in total. The largest absolute Gasteiger partial charge is 0.497 e. The summed E-state index contributed by atoms with van der Waals surface area (Å²) in [7, 11) is 1.63. The molecule has 160 valence electrons. The summed E-state index contributed by atoms with van der Waals surface area (Å²) in [6, 6.07) is 11.5. The number of benzene rings is 1. The molecule has 31 heavy (non-hydrogen) atoms. The van der Waals surface area contributed by atoms with Crippen LogP contribution in [0.2, 0.25) is 0 Å². The number of thioether (sulfide) groups is 1. The van der Waals surface area contributed by atoms with Crippen molar-refractivity contribution in [2.45, 2.75) is 31.5 Å². The fourth-order valence-electron chi connectivity index (χ4n) is 3.30. The molecule has 4 rings (SSSR count). The Labute approximate surface area is 188 Å². The maximum absolute atomic E-state index is 13.1. The summed E-state index contributed by atoms with van der Waals surface area (Å²) < 4.78 is 5.25. The van der Waals surface area contributed by atoms with Gasteiger partial charge in [-0.15, -0.1) is 11.3 Å². The third-order valence-corrected chi connectivity index (χ3v) is 6.95. The number of carbonyl (C=O) groups is 1. The van der Waals surface area contributed by atoms with Gasteiger partial charge in [-0.05, 0) is 43.0 Å². The molecule has 1 aliphatic heterocycles. The summed E-state index contributed by atoms with van der Waals surface area (Å²) in [5, 5.41) is 8.66. The number of H-pyrrole nitrogens is 1. The number of nitrogens with one attached hydrogen (secondary N) is 1. The molecule has 1 unspecified atom stereocenters. The van der Waals surface area contributed by atoms with Crippen molar-refractivity contribution in [3.63, 3.8) is 0 Å². The summed E-state index contributed by atoms with van der Waals surface area (Å²) in [4.78, 5) is 33.3. The van der Waals surface area contributed by atoms with E-state index >= 15 is 0 Å². The fourth-order valence-corrected chi connectivity index (χ4v) is 4.78. The molecule has 9 heteroatoms. The topological polar surface area (TPSA) is 87.7 Å². The number of carbonyl (C=O) groups excluding carboxylic acids is 1. The molecule has 1 atom stereocenters. The summed E-state index contributed by atoms with van der Waals surface area (Å²) in [6.07, 6.45) is 0.641. The molecule has 2 aromatic heterocycles. The van der Waals surface area contributed by atoms with Gasteiger partial charge in [0.25, 0.3) is 11.5 Å². The van der Waals surface area contributed by atoms with Gasteiger partial charge in [-0.1, -0.05) is 30.0 Å². The Morgan fingerprint density at radius 1 is 1.29 bits per heavy atom. The zero-order valence-corrected chi connectivity index (χ0v) is 19.0. The van der Waals surface area contributed by atoms with Crippen molar-refractivity contribution in [1.82, 2.24) is 15.0 Å². The minimum Gasteiger partial charge on any atom is -0.497 e. The van der Waals surface area contributed by atoms with Crippen LogP contribution in [0.5, 0.6) is 5.75 Å². The van der Waals surface area contributed by atoms with Crippen molar-refractivity contribution in [3.8, 4) is 5.75 Å². The number of methoxy groups -OCH3 is 1. The monoisotopic (exact) mass is 454 g/mol. The molecule has 0 radical (unpaired) electrons. The highest BCUT2D eigenvalue weighted by Crippen LogP contribution is 2.35. The van der Waals surface area contributed by atoms with Crippen LogP contribution in [0.4, 0.5) is 0 Å². The lowest BCUT2D eigenvalue weighted by Gasteiger charge is -2.22. The molecule has 0 spiro atoms. The summed E-state index contributed by atoms with van der Waals surface area (Å²) >= 11 is 2.82. The molecule has 1 aromatic carbocycles. The minimum absolute atomic E-state index is 0.124. The molecule has 1 aliphatic rings. The van der Waals surface area contributed by atoms with Gasteiger partial charge in [0, 0.05) is 17.7 Å². The first kappa shape index (κ1) is 21.3. The highest BCUT2D eigenvalue weighted by molar-refractivity contribution is 7.99. The second-order valence-electron chi connectivity index (χ2n) is 7.13. The second-order valence-corrected chi connectivity index (χ2v) is 9.04.